The first-order valence-corrected chi connectivity index (χ1v) is 9.13. The maximum absolute atomic E-state index is 12.6. The summed E-state index contributed by atoms with van der Waals surface area (Å²) in [6, 6.07) is 12.5. The molecular formula is C18H11Cl2N3O2S. The van der Waals surface area contributed by atoms with Crippen molar-refractivity contribution < 1.29 is 4.74 Å². The summed E-state index contributed by atoms with van der Waals surface area (Å²) in [5, 5.41) is 5.26. The number of fused-ring (bicyclic) bond motifs is 1. The highest BCUT2D eigenvalue weighted by molar-refractivity contribution is 7.15. The fourth-order valence-electron chi connectivity index (χ4n) is 2.50. The molecule has 0 bridgehead atoms. The third-order valence-corrected chi connectivity index (χ3v) is 5.25. The largest absolute Gasteiger partial charge is 0.497 e. The number of aromatic nitrogens is 3. The second-order valence-corrected chi connectivity index (χ2v) is 7.30. The molecule has 0 aliphatic rings. The van der Waals surface area contributed by atoms with Gasteiger partial charge < -0.3 is 4.74 Å². The van der Waals surface area contributed by atoms with Crippen molar-refractivity contribution in [1.82, 2.24) is 14.6 Å². The van der Waals surface area contributed by atoms with Crippen LogP contribution in [0.3, 0.4) is 0 Å². The lowest BCUT2D eigenvalue weighted by Gasteiger charge is -1.99. The van der Waals surface area contributed by atoms with Gasteiger partial charge in [0, 0.05) is 10.6 Å². The van der Waals surface area contributed by atoms with Crippen molar-refractivity contribution in [3.05, 3.63) is 73.0 Å². The van der Waals surface area contributed by atoms with Crippen molar-refractivity contribution in [1.29, 1.82) is 0 Å². The summed E-state index contributed by atoms with van der Waals surface area (Å²) in [4.78, 5) is 17.6. The van der Waals surface area contributed by atoms with Crippen molar-refractivity contribution >= 4 is 45.6 Å². The van der Waals surface area contributed by atoms with Gasteiger partial charge in [-0.1, -0.05) is 46.7 Å². The van der Waals surface area contributed by atoms with Gasteiger partial charge in [0.1, 0.15) is 5.75 Å². The fraction of sp³-hybridized carbons (Fsp3) is 0.0556. The number of ether oxygens (including phenoxy) is 1. The third kappa shape index (κ3) is 3.07. The molecular weight excluding hydrogens is 393 g/mol. The lowest BCUT2D eigenvalue weighted by atomic mass is 10.2. The van der Waals surface area contributed by atoms with Crippen LogP contribution in [0.2, 0.25) is 10.0 Å². The molecule has 0 spiro atoms. The van der Waals surface area contributed by atoms with Crippen molar-refractivity contribution in [2.75, 3.05) is 7.11 Å². The first-order chi connectivity index (χ1) is 12.5. The average Bonchev–Trinajstić information content (AvgIpc) is 3.15. The molecule has 26 heavy (non-hydrogen) atoms. The molecule has 0 saturated heterocycles. The van der Waals surface area contributed by atoms with E-state index < -0.39 is 0 Å². The standard InChI is InChI=1S/C18H11Cl2N3O2S/c1-25-12-4-2-3-10(7-12)8-15-17(24)23-18(26-15)21-16(22-23)13-6-5-11(19)9-14(13)20/h2-9H,1H3/b15-8-. The first-order valence-electron chi connectivity index (χ1n) is 7.56. The molecule has 130 valence electrons. The SMILES string of the molecule is COc1cccc(/C=c2\sc3nc(-c4ccc(Cl)cc4Cl)nn3c2=O)c1. The van der Waals surface area contributed by atoms with Gasteiger partial charge in [0.25, 0.3) is 5.56 Å². The number of hydrogen-bond acceptors (Lipinski definition) is 5. The summed E-state index contributed by atoms with van der Waals surface area (Å²) in [6.45, 7) is 0. The van der Waals surface area contributed by atoms with Gasteiger partial charge in [0.05, 0.1) is 16.7 Å². The topological polar surface area (TPSA) is 56.5 Å². The molecule has 0 amide bonds. The van der Waals surface area contributed by atoms with E-state index in [2.05, 4.69) is 10.1 Å². The Morgan fingerprint density at radius 3 is 2.77 bits per heavy atom. The van der Waals surface area contributed by atoms with Gasteiger partial charge in [0.15, 0.2) is 5.82 Å². The normalized spacial score (nSPS) is 12.0. The average molecular weight is 404 g/mol. The number of halogens is 2. The second-order valence-electron chi connectivity index (χ2n) is 5.45. The zero-order chi connectivity index (χ0) is 18.3. The highest BCUT2D eigenvalue weighted by Crippen LogP contribution is 2.28. The molecule has 0 fully saturated rings. The predicted octanol–water partition coefficient (Wildman–Crippen LogP) is 3.68. The summed E-state index contributed by atoms with van der Waals surface area (Å²) in [5.74, 6) is 1.12. The van der Waals surface area contributed by atoms with Crippen molar-refractivity contribution in [3.63, 3.8) is 0 Å². The molecule has 0 aliphatic carbocycles. The molecule has 2 aromatic carbocycles. The van der Waals surface area contributed by atoms with Crippen molar-refractivity contribution in [2.45, 2.75) is 0 Å². The summed E-state index contributed by atoms with van der Waals surface area (Å²) in [7, 11) is 1.60. The van der Waals surface area contributed by atoms with Gasteiger partial charge in [-0.3, -0.25) is 4.79 Å². The number of thiazole rings is 1. The molecule has 0 unspecified atom stereocenters. The summed E-state index contributed by atoms with van der Waals surface area (Å²) >= 11 is 13.4. The van der Waals surface area contributed by atoms with Crippen LogP contribution in [-0.2, 0) is 0 Å². The number of benzene rings is 2. The molecule has 2 aromatic heterocycles. The molecule has 0 N–H and O–H groups in total. The Morgan fingerprint density at radius 1 is 1.19 bits per heavy atom. The van der Waals surface area contributed by atoms with Crippen LogP contribution in [-0.4, -0.2) is 21.7 Å². The quantitative estimate of drug-likeness (QED) is 0.523. The van der Waals surface area contributed by atoms with E-state index in [0.29, 0.717) is 30.9 Å². The predicted molar refractivity (Wildman–Crippen MR) is 104 cm³/mol. The van der Waals surface area contributed by atoms with Crippen LogP contribution >= 0.6 is 34.5 Å². The van der Waals surface area contributed by atoms with Crippen LogP contribution in [0, 0.1) is 0 Å². The van der Waals surface area contributed by atoms with Gasteiger partial charge in [0.2, 0.25) is 4.96 Å². The molecule has 0 radical (unpaired) electrons. The number of methoxy groups -OCH3 is 1. The Kier molecular flexibility index (Phi) is 4.40. The Bertz CT molecular complexity index is 1230. The lowest BCUT2D eigenvalue weighted by Crippen LogP contribution is -2.23. The molecule has 2 heterocycles. The Hall–Kier alpha value is -2.41. The molecule has 8 heteroatoms. The zero-order valence-corrected chi connectivity index (χ0v) is 15.8. The maximum atomic E-state index is 12.6. The maximum Gasteiger partial charge on any atom is 0.291 e. The van der Waals surface area contributed by atoms with Gasteiger partial charge in [-0.2, -0.15) is 9.50 Å². The van der Waals surface area contributed by atoms with Crippen LogP contribution in [0.4, 0.5) is 0 Å². The summed E-state index contributed by atoms with van der Waals surface area (Å²) in [5.41, 5.74) is 1.27. The van der Waals surface area contributed by atoms with Gasteiger partial charge in [-0.15, -0.1) is 5.10 Å². The molecule has 5 nitrogen and oxygen atoms in total. The Balaban J connectivity index is 1.81. The molecule has 0 atom stereocenters. The highest BCUT2D eigenvalue weighted by atomic mass is 35.5. The molecule has 0 aliphatic heterocycles. The van der Waals surface area contributed by atoms with Crippen molar-refractivity contribution in [3.8, 4) is 17.1 Å². The van der Waals surface area contributed by atoms with Crippen LogP contribution in [0.5, 0.6) is 5.75 Å². The van der Waals surface area contributed by atoms with E-state index >= 15 is 0 Å². The van der Waals surface area contributed by atoms with E-state index in [0.717, 1.165) is 11.3 Å². The van der Waals surface area contributed by atoms with E-state index in [4.69, 9.17) is 27.9 Å². The third-order valence-electron chi connectivity index (χ3n) is 3.75. The summed E-state index contributed by atoms with van der Waals surface area (Å²) in [6.07, 6.45) is 1.79. The number of rotatable bonds is 3. The minimum atomic E-state index is -0.225. The Labute approximate surface area is 162 Å². The minimum absolute atomic E-state index is 0.225. The minimum Gasteiger partial charge on any atom is -0.497 e. The monoisotopic (exact) mass is 403 g/mol. The van der Waals surface area contributed by atoms with Gasteiger partial charge >= 0.3 is 0 Å². The number of hydrogen-bond donors (Lipinski definition) is 0. The van der Waals surface area contributed by atoms with E-state index in [1.54, 1.807) is 31.4 Å². The van der Waals surface area contributed by atoms with Gasteiger partial charge in [-0.25, -0.2) is 0 Å². The second kappa shape index (κ2) is 6.72. The van der Waals surface area contributed by atoms with Crippen LogP contribution in [0.15, 0.2) is 47.3 Å². The number of nitrogens with zero attached hydrogens (tertiary/aromatic N) is 3. The first kappa shape index (κ1) is 17.0. The van der Waals surface area contributed by atoms with E-state index in [9.17, 15) is 4.79 Å². The molecule has 0 saturated carbocycles. The summed E-state index contributed by atoms with van der Waals surface area (Å²) < 4.78 is 7.04. The highest BCUT2D eigenvalue weighted by Gasteiger charge is 2.14. The van der Waals surface area contributed by atoms with Gasteiger partial charge in [-0.05, 0) is 42.0 Å². The molecule has 4 aromatic rings. The van der Waals surface area contributed by atoms with Crippen LogP contribution < -0.4 is 14.8 Å². The van der Waals surface area contributed by atoms with Crippen LogP contribution in [0.25, 0.3) is 22.4 Å². The zero-order valence-electron chi connectivity index (χ0n) is 13.4. The smallest absolute Gasteiger partial charge is 0.291 e. The van der Waals surface area contributed by atoms with E-state index in [1.807, 2.05) is 24.3 Å². The Morgan fingerprint density at radius 2 is 2.04 bits per heavy atom. The lowest BCUT2D eigenvalue weighted by molar-refractivity contribution is 0.414. The fourth-order valence-corrected chi connectivity index (χ4v) is 3.90. The van der Waals surface area contributed by atoms with Crippen LogP contribution in [0.1, 0.15) is 5.56 Å². The molecule has 4 rings (SSSR count). The van der Waals surface area contributed by atoms with E-state index in [1.165, 1.54) is 15.9 Å². The van der Waals surface area contributed by atoms with Crippen molar-refractivity contribution in [2.24, 2.45) is 0 Å². The van der Waals surface area contributed by atoms with E-state index in [-0.39, 0.29) is 5.56 Å².